The van der Waals surface area contributed by atoms with Crippen molar-refractivity contribution in [3.8, 4) is 0 Å². The monoisotopic (exact) mass is 916 g/mol. The Kier molecular flexibility index (Phi) is 25.1. The van der Waals surface area contributed by atoms with Gasteiger partial charge >= 0.3 is 11.9 Å². The van der Waals surface area contributed by atoms with Crippen LogP contribution >= 0.6 is 0 Å². The number of nitrogens with zero attached hydrogens (tertiary/aromatic N) is 4. The summed E-state index contributed by atoms with van der Waals surface area (Å²) in [5.41, 5.74) is -4.26. The zero-order valence-electron chi connectivity index (χ0n) is 34.1. The average molecular weight is 917 g/mol. The van der Waals surface area contributed by atoms with Gasteiger partial charge in [-0.2, -0.15) is 0 Å². The van der Waals surface area contributed by atoms with Crippen molar-refractivity contribution < 1.29 is 97.2 Å². The maximum atomic E-state index is 12.8. The molecule has 1 aliphatic rings. The zero-order chi connectivity index (χ0) is 44.9. The third-order valence-corrected chi connectivity index (χ3v) is 10.6. The molecule has 14 N–H and O–H groups in total. The number of rotatable bonds is 26. The fourth-order valence-electron chi connectivity index (χ4n) is 6.49. The summed E-state index contributed by atoms with van der Waals surface area (Å²) in [6, 6.07) is 2.44. The number of pyridine rings is 1. The molecule has 2 rings (SSSR count). The first kappa shape index (κ1) is 55.6. The minimum Gasteiger partial charge on any atom is -0.480 e. The molecule has 1 radical (unpaired) electrons. The number of carboxylic acid groups (broad SMARTS) is 2. The van der Waals surface area contributed by atoms with Gasteiger partial charge in [0.2, 0.25) is 17.7 Å². The fourth-order valence-corrected chi connectivity index (χ4v) is 6.49. The van der Waals surface area contributed by atoms with E-state index in [-0.39, 0.29) is 101 Å². The molecule has 1 aromatic rings. The summed E-state index contributed by atoms with van der Waals surface area (Å²) in [7, 11) is 0. The molecular formula is C37H63MnN7O16. The van der Waals surface area contributed by atoms with Crippen molar-refractivity contribution in [3.05, 3.63) is 29.6 Å². The van der Waals surface area contributed by atoms with Crippen molar-refractivity contribution in [2.75, 3.05) is 92.2 Å². The maximum Gasteiger partial charge on any atom is 0.320 e. The van der Waals surface area contributed by atoms with Crippen molar-refractivity contribution in [3.63, 3.8) is 0 Å². The molecule has 2 bridgehead atoms. The molecule has 2 unspecified atom stereocenters. The van der Waals surface area contributed by atoms with Crippen molar-refractivity contribution >= 4 is 29.7 Å². The van der Waals surface area contributed by atoms with E-state index in [9.17, 15) is 80.1 Å². The molecular weight excluding hydrogens is 853 g/mol. The quantitative estimate of drug-likeness (QED) is 0.0384. The van der Waals surface area contributed by atoms with E-state index in [1.807, 2.05) is 4.90 Å². The van der Waals surface area contributed by atoms with Crippen molar-refractivity contribution in [1.82, 2.24) is 35.6 Å². The molecule has 2 atom stereocenters. The van der Waals surface area contributed by atoms with Crippen LogP contribution in [0, 0.1) is 0 Å². The summed E-state index contributed by atoms with van der Waals surface area (Å²) < 4.78 is 0. The minimum absolute atomic E-state index is 0. The van der Waals surface area contributed by atoms with Gasteiger partial charge in [-0.1, -0.05) is 6.07 Å². The number of hydrogen-bond acceptors (Lipinski definition) is 18. The van der Waals surface area contributed by atoms with Gasteiger partial charge in [0.25, 0.3) is 0 Å². The number of fused-ring (bicyclic) bond motifs is 2. The maximum absolute atomic E-state index is 12.8. The molecule has 0 spiro atoms. The molecule has 0 fully saturated rings. The van der Waals surface area contributed by atoms with Gasteiger partial charge in [-0.25, -0.2) is 0 Å². The van der Waals surface area contributed by atoms with Crippen LogP contribution in [0.2, 0.25) is 0 Å². The number of carbonyl (C=O) groups is 5. The molecule has 23 nitrogen and oxygen atoms in total. The van der Waals surface area contributed by atoms with Crippen LogP contribution in [0.5, 0.6) is 0 Å². The van der Waals surface area contributed by atoms with Gasteiger partial charge in [-0.15, -0.1) is 0 Å². The summed E-state index contributed by atoms with van der Waals surface area (Å²) in [4.78, 5) is 73.7. The van der Waals surface area contributed by atoms with Gasteiger partial charge in [0.1, 0.15) is 28.7 Å². The second-order valence-corrected chi connectivity index (χ2v) is 15.2. The molecule has 0 saturated carbocycles. The van der Waals surface area contributed by atoms with Gasteiger partial charge in [0.15, 0.2) is 0 Å². The number of aliphatic hydroxyl groups is 9. The summed E-state index contributed by atoms with van der Waals surface area (Å²) >= 11 is 0. The third kappa shape index (κ3) is 17.3. The third-order valence-electron chi connectivity index (χ3n) is 10.6. The number of aromatic nitrogens is 1. The predicted molar refractivity (Wildman–Crippen MR) is 208 cm³/mol. The molecule has 2 heterocycles. The summed E-state index contributed by atoms with van der Waals surface area (Å²) in [5, 5.41) is 115. The van der Waals surface area contributed by atoms with Crippen molar-refractivity contribution in [2.45, 2.75) is 80.3 Å². The minimum atomic E-state index is -1.72. The molecule has 0 aliphatic carbocycles. The van der Waals surface area contributed by atoms with Gasteiger partial charge < -0.3 is 77.0 Å². The topological polar surface area (TPSA) is 367 Å². The van der Waals surface area contributed by atoms with Crippen LogP contribution < -0.4 is 16.0 Å². The summed E-state index contributed by atoms with van der Waals surface area (Å²) in [6.07, 6.45) is -1.08. The van der Waals surface area contributed by atoms with Crippen LogP contribution in [0.15, 0.2) is 18.2 Å². The Labute approximate surface area is 363 Å². The Hall–Kier alpha value is -3.46. The largest absolute Gasteiger partial charge is 0.480 e. The van der Waals surface area contributed by atoms with Gasteiger partial charge in [0.05, 0.1) is 70.8 Å². The van der Waals surface area contributed by atoms with Crippen molar-refractivity contribution in [1.29, 1.82) is 0 Å². The molecule has 0 saturated heterocycles. The van der Waals surface area contributed by atoms with Gasteiger partial charge in [0, 0.05) is 75.6 Å². The van der Waals surface area contributed by atoms with Crippen LogP contribution in [-0.4, -0.2) is 226 Å². The SMILES string of the molecule is O=C(CCCN1CCN(C(CCC(=O)NC(CO)(CO)CO)C(=O)O)Cc2cccc(n2)CN(C(CCC(=O)NC(CO)(CO)CO)C(=O)O)CC1)NC(CO)(CO)CO.[Mn]. The number of carbonyl (C=O) groups excluding carboxylic acids is 3. The molecule has 1 aliphatic heterocycles. The average Bonchev–Trinajstić information content (AvgIpc) is 3.24. The van der Waals surface area contributed by atoms with Crippen LogP contribution in [0.25, 0.3) is 0 Å². The second kappa shape index (κ2) is 27.6. The van der Waals surface area contributed by atoms with Crippen LogP contribution in [-0.2, 0) is 54.1 Å². The van der Waals surface area contributed by atoms with Crippen LogP contribution in [0.1, 0.15) is 49.9 Å². The first-order chi connectivity index (χ1) is 28.6. The molecule has 61 heavy (non-hydrogen) atoms. The van der Waals surface area contributed by atoms with E-state index in [1.54, 1.807) is 28.0 Å². The standard InChI is InChI=1S/C37H63N7O16.Mn/c45-17-35(18-46,19-47)39-30(54)5-2-10-42-11-13-43(28(33(57)58)6-8-31(55)40-36(20-48,21-49)22-50)15-26-3-1-4-27(38-26)16-44(14-12-42)29(34(59)60)7-9-32(56)41-37(23-51,24-52)25-53;/h1,3-4,28-29,45-53H,2,5-25H2,(H,39,54)(H,40,55)(H,41,56)(H,57,58)(H,59,60);. The number of carboxylic acids is 2. The van der Waals surface area contributed by atoms with Gasteiger partial charge in [-0.05, 0) is 37.9 Å². The normalized spacial score (nSPS) is 16.0. The Bertz CT molecular complexity index is 1410. The molecule has 1 aromatic heterocycles. The fraction of sp³-hybridized carbons (Fsp3) is 0.730. The second-order valence-electron chi connectivity index (χ2n) is 15.2. The molecule has 24 heteroatoms. The summed E-state index contributed by atoms with van der Waals surface area (Å²) in [6.45, 7) is -6.22. The Morgan fingerprint density at radius 1 is 0.557 bits per heavy atom. The first-order valence-electron chi connectivity index (χ1n) is 19.6. The number of aliphatic hydroxyl groups excluding tert-OH is 9. The number of aliphatic carboxylic acids is 2. The number of nitrogens with one attached hydrogen (secondary N) is 3. The van der Waals surface area contributed by atoms with E-state index in [0.717, 1.165) is 0 Å². The van der Waals surface area contributed by atoms with E-state index in [2.05, 4.69) is 20.9 Å². The van der Waals surface area contributed by atoms with Crippen LogP contribution in [0.3, 0.4) is 0 Å². The van der Waals surface area contributed by atoms with E-state index >= 15 is 0 Å². The smallest absolute Gasteiger partial charge is 0.320 e. The van der Waals surface area contributed by atoms with E-state index < -0.39 is 118 Å². The zero-order valence-corrected chi connectivity index (χ0v) is 35.3. The Morgan fingerprint density at radius 2 is 0.885 bits per heavy atom. The van der Waals surface area contributed by atoms with Crippen molar-refractivity contribution in [2.24, 2.45) is 0 Å². The molecule has 0 aromatic carbocycles. The number of amides is 3. The van der Waals surface area contributed by atoms with Crippen LogP contribution in [0.4, 0.5) is 0 Å². The Morgan fingerprint density at radius 3 is 1.20 bits per heavy atom. The number of hydrogen-bond donors (Lipinski definition) is 14. The Balaban J connectivity index is 0.0000186. The van der Waals surface area contributed by atoms with E-state index in [1.165, 1.54) is 0 Å². The van der Waals surface area contributed by atoms with E-state index in [0.29, 0.717) is 11.4 Å². The summed E-state index contributed by atoms with van der Waals surface area (Å²) in [5.74, 6) is -4.55. The first-order valence-corrected chi connectivity index (χ1v) is 19.6. The predicted octanol–water partition coefficient (Wildman–Crippen LogP) is -6.26. The molecule has 349 valence electrons. The van der Waals surface area contributed by atoms with Gasteiger partial charge in [-0.3, -0.25) is 38.8 Å². The van der Waals surface area contributed by atoms with E-state index in [4.69, 9.17) is 0 Å². The molecule has 3 amide bonds.